The van der Waals surface area contributed by atoms with Crippen molar-refractivity contribution in [3.63, 3.8) is 0 Å². The Hall–Kier alpha value is -0.880. The van der Waals surface area contributed by atoms with Gasteiger partial charge in [-0.1, -0.05) is 6.92 Å². The lowest BCUT2D eigenvalue weighted by atomic mass is 10.0. The number of rotatable bonds is 3. The van der Waals surface area contributed by atoms with E-state index in [1.54, 1.807) is 0 Å². The zero-order chi connectivity index (χ0) is 13.1. The lowest BCUT2D eigenvalue weighted by Crippen LogP contribution is -2.43. The van der Waals surface area contributed by atoms with E-state index in [2.05, 4.69) is 49.7 Å². The molecule has 5 nitrogen and oxygen atoms in total. The third-order valence-electron chi connectivity index (χ3n) is 3.68. The molecule has 0 atom stereocenters. The van der Waals surface area contributed by atoms with Gasteiger partial charge < -0.3 is 15.5 Å². The first-order valence-electron chi connectivity index (χ1n) is 6.34. The summed E-state index contributed by atoms with van der Waals surface area (Å²) < 4.78 is 0.797. The smallest absolute Gasteiger partial charge is 0.148 e. The zero-order valence-corrected chi connectivity index (χ0v) is 12.5. The highest BCUT2D eigenvalue weighted by molar-refractivity contribution is 9.10. The molecule has 1 fully saturated rings. The van der Waals surface area contributed by atoms with Gasteiger partial charge in [-0.25, -0.2) is 9.97 Å². The van der Waals surface area contributed by atoms with Crippen LogP contribution in [0.15, 0.2) is 10.8 Å². The molecule has 6 heteroatoms. The predicted molar refractivity (Wildman–Crippen MR) is 77.7 cm³/mol. The van der Waals surface area contributed by atoms with Crippen LogP contribution in [0.1, 0.15) is 19.8 Å². The van der Waals surface area contributed by atoms with Crippen LogP contribution in [-0.4, -0.2) is 47.6 Å². The minimum atomic E-state index is 0.498. The van der Waals surface area contributed by atoms with E-state index in [-0.39, 0.29) is 0 Å². The monoisotopic (exact) mass is 313 g/mol. The third kappa shape index (κ3) is 2.75. The molecule has 1 aliphatic heterocycles. The quantitative estimate of drug-likeness (QED) is 0.921. The number of halogens is 1. The van der Waals surface area contributed by atoms with Gasteiger partial charge in [0.25, 0.3) is 0 Å². The molecule has 100 valence electrons. The molecule has 2 rings (SSSR count). The van der Waals surface area contributed by atoms with Crippen LogP contribution in [0.3, 0.4) is 0 Å². The minimum absolute atomic E-state index is 0.498. The second-order valence-electron chi connectivity index (χ2n) is 4.67. The van der Waals surface area contributed by atoms with Crippen LogP contribution in [0.5, 0.6) is 0 Å². The van der Waals surface area contributed by atoms with Crippen molar-refractivity contribution in [3.8, 4) is 0 Å². The number of anilines is 2. The van der Waals surface area contributed by atoms with Crippen molar-refractivity contribution in [2.75, 3.05) is 37.3 Å². The zero-order valence-electron chi connectivity index (χ0n) is 10.9. The molecule has 18 heavy (non-hydrogen) atoms. The second kappa shape index (κ2) is 5.84. The van der Waals surface area contributed by atoms with Crippen molar-refractivity contribution in [2.45, 2.75) is 25.8 Å². The fourth-order valence-corrected chi connectivity index (χ4v) is 2.90. The molecule has 0 spiro atoms. The molecule has 1 aromatic heterocycles. The summed E-state index contributed by atoms with van der Waals surface area (Å²) in [5, 5.41) is 0. The standard InChI is InChI=1S/C12H20BrN5/c1-3-18-6-4-9(5-7-18)17(2)12-10(13)11(14)15-8-16-12/h8-9H,3-7H2,1-2H3,(H2,14,15,16). The fourth-order valence-electron chi connectivity index (χ4n) is 2.42. The Morgan fingerprint density at radius 3 is 2.72 bits per heavy atom. The molecular formula is C12H20BrN5. The number of likely N-dealkylation sites (tertiary alicyclic amines) is 1. The number of aromatic nitrogens is 2. The maximum absolute atomic E-state index is 5.80. The number of nitrogen functional groups attached to an aromatic ring is 1. The van der Waals surface area contributed by atoms with Gasteiger partial charge in [-0.2, -0.15) is 0 Å². The van der Waals surface area contributed by atoms with Crippen molar-refractivity contribution in [2.24, 2.45) is 0 Å². The Bertz CT molecular complexity index is 403. The van der Waals surface area contributed by atoms with E-state index in [1.807, 2.05) is 0 Å². The largest absolute Gasteiger partial charge is 0.383 e. The molecule has 0 amide bonds. The number of nitrogens with zero attached hydrogens (tertiary/aromatic N) is 4. The van der Waals surface area contributed by atoms with Crippen molar-refractivity contribution in [1.82, 2.24) is 14.9 Å². The molecule has 2 heterocycles. The maximum atomic E-state index is 5.80. The summed E-state index contributed by atoms with van der Waals surface area (Å²) in [5.74, 6) is 1.38. The summed E-state index contributed by atoms with van der Waals surface area (Å²) in [6.07, 6.45) is 3.86. The Kier molecular flexibility index (Phi) is 4.40. The average molecular weight is 314 g/mol. The lowest BCUT2D eigenvalue weighted by molar-refractivity contribution is 0.220. The number of hydrogen-bond donors (Lipinski definition) is 1. The van der Waals surface area contributed by atoms with Crippen LogP contribution < -0.4 is 10.6 Å². The highest BCUT2D eigenvalue weighted by atomic mass is 79.9. The maximum Gasteiger partial charge on any atom is 0.148 e. The van der Waals surface area contributed by atoms with Crippen LogP contribution in [-0.2, 0) is 0 Å². The summed E-state index contributed by atoms with van der Waals surface area (Å²) in [6, 6.07) is 0.526. The van der Waals surface area contributed by atoms with Crippen LogP contribution in [0.4, 0.5) is 11.6 Å². The molecule has 0 radical (unpaired) electrons. The van der Waals surface area contributed by atoms with Crippen LogP contribution >= 0.6 is 15.9 Å². The molecule has 0 aliphatic carbocycles. The van der Waals surface area contributed by atoms with Gasteiger partial charge in [0.1, 0.15) is 22.4 Å². The number of nitrogens with two attached hydrogens (primary N) is 1. The summed E-state index contributed by atoms with van der Waals surface area (Å²) in [4.78, 5) is 13.0. The fraction of sp³-hybridized carbons (Fsp3) is 0.667. The molecule has 0 bridgehead atoms. The summed E-state index contributed by atoms with van der Waals surface area (Å²) in [5.41, 5.74) is 5.80. The van der Waals surface area contributed by atoms with Gasteiger partial charge >= 0.3 is 0 Å². The van der Waals surface area contributed by atoms with Crippen LogP contribution in [0, 0.1) is 0 Å². The van der Waals surface area contributed by atoms with E-state index < -0.39 is 0 Å². The Morgan fingerprint density at radius 1 is 1.44 bits per heavy atom. The van der Waals surface area contributed by atoms with Gasteiger partial charge in [-0.15, -0.1) is 0 Å². The third-order valence-corrected chi connectivity index (χ3v) is 4.45. The molecule has 1 aliphatic rings. The average Bonchev–Trinajstić information content (AvgIpc) is 2.41. The van der Waals surface area contributed by atoms with Gasteiger partial charge in [-0.3, -0.25) is 0 Å². The number of piperidine rings is 1. The SMILES string of the molecule is CCN1CCC(N(C)c2ncnc(N)c2Br)CC1. The second-order valence-corrected chi connectivity index (χ2v) is 5.47. The molecule has 0 unspecified atom stereocenters. The van der Waals surface area contributed by atoms with Crippen LogP contribution in [0.25, 0.3) is 0 Å². The van der Waals surface area contributed by atoms with Gasteiger partial charge in [-0.05, 0) is 35.3 Å². The molecule has 1 saturated heterocycles. The predicted octanol–water partition coefficient (Wildman–Crippen LogP) is 1.74. The van der Waals surface area contributed by atoms with Gasteiger partial charge in [0.2, 0.25) is 0 Å². The van der Waals surface area contributed by atoms with E-state index in [0.29, 0.717) is 11.9 Å². The molecular weight excluding hydrogens is 294 g/mol. The van der Waals surface area contributed by atoms with E-state index in [4.69, 9.17) is 5.73 Å². The van der Waals surface area contributed by atoms with Gasteiger partial charge in [0.05, 0.1) is 0 Å². The molecule has 0 saturated carbocycles. The summed E-state index contributed by atoms with van der Waals surface area (Å²) in [7, 11) is 2.08. The highest BCUT2D eigenvalue weighted by Gasteiger charge is 2.24. The van der Waals surface area contributed by atoms with Crippen molar-refractivity contribution >= 4 is 27.6 Å². The van der Waals surface area contributed by atoms with Crippen molar-refractivity contribution in [3.05, 3.63) is 10.8 Å². The van der Waals surface area contributed by atoms with Crippen LogP contribution in [0.2, 0.25) is 0 Å². The molecule has 2 N–H and O–H groups in total. The Morgan fingerprint density at radius 2 is 2.11 bits per heavy atom. The first kappa shape index (κ1) is 13.5. The van der Waals surface area contributed by atoms with Gasteiger partial charge in [0.15, 0.2) is 0 Å². The number of hydrogen-bond acceptors (Lipinski definition) is 5. The van der Waals surface area contributed by atoms with Crippen molar-refractivity contribution in [1.29, 1.82) is 0 Å². The minimum Gasteiger partial charge on any atom is -0.383 e. The molecule has 1 aromatic rings. The Labute approximate surface area is 117 Å². The van der Waals surface area contributed by atoms with E-state index in [1.165, 1.54) is 19.2 Å². The van der Waals surface area contributed by atoms with E-state index in [0.717, 1.165) is 29.9 Å². The molecule has 0 aromatic carbocycles. The summed E-state index contributed by atoms with van der Waals surface area (Å²) >= 11 is 3.47. The first-order chi connectivity index (χ1) is 8.63. The van der Waals surface area contributed by atoms with E-state index in [9.17, 15) is 0 Å². The summed E-state index contributed by atoms with van der Waals surface area (Å²) in [6.45, 7) is 5.67. The first-order valence-corrected chi connectivity index (χ1v) is 7.14. The topological polar surface area (TPSA) is 58.3 Å². The van der Waals surface area contributed by atoms with Gasteiger partial charge in [0, 0.05) is 26.2 Å². The normalized spacial score (nSPS) is 17.9. The lowest BCUT2D eigenvalue weighted by Gasteiger charge is -2.37. The van der Waals surface area contributed by atoms with E-state index >= 15 is 0 Å². The Balaban J connectivity index is 2.08. The highest BCUT2D eigenvalue weighted by Crippen LogP contribution is 2.29. The van der Waals surface area contributed by atoms with Crippen molar-refractivity contribution < 1.29 is 0 Å².